The number of carbonyl (C=O) groups excluding carboxylic acids is 3. The van der Waals surface area contributed by atoms with Gasteiger partial charge in [0.25, 0.3) is 17.6 Å². The fourth-order valence-electron chi connectivity index (χ4n) is 4.38. The number of rotatable bonds is 5. The van der Waals surface area contributed by atoms with Crippen molar-refractivity contribution < 1.29 is 19.1 Å². The van der Waals surface area contributed by atoms with Crippen molar-refractivity contribution in [3.8, 4) is 16.9 Å². The van der Waals surface area contributed by atoms with Gasteiger partial charge in [-0.05, 0) is 24.3 Å². The summed E-state index contributed by atoms with van der Waals surface area (Å²) in [4.78, 5) is 53.6. The number of aromatic nitrogens is 3. The van der Waals surface area contributed by atoms with Crippen LogP contribution >= 0.6 is 0 Å². The van der Waals surface area contributed by atoms with Crippen LogP contribution in [0, 0.1) is 0 Å². The van der Waals surface area contributed by atoms with E-state index in [1.807, 2.05) is 24.3 Å². The zero-order valence-electron chi connectivity index (χ0n) is 19.1. The first-order valence-corrected chi connectivity index (χ1v) is 11.2. The van der Waals surface area contributed by atoms with Gasteiger partial charge in [0.2, 0.25) is 0 Å². The van der Waals surface area contributed by atoms with Crippen molar-refractivity contribution in [2.75, 3.05) is 33.3 Å². The summed E-state index contributed by atoms with van der Waals surface area (Å²) in [5.74, 6) is -0.828. The molecular weight excluding hydrogens is 446 g/mol. The van der Waals surface area contributed by atoms with Crippen molar-refractivity contribution in [3.05, 3.63) is 78.5 Å². The van der Waals surface area contributed by atoms with Gasteiger partial charge in [-0.3, -0.25) is 14.4 Å². The highest BCUT2D eigenvalue weighted by Gasteiger charge is 2.31. The number of Topliss-reactive ketones (excluding diaryl/α,β-unsaturated/α-hetero) is 1. The van der Waals surface area contributed by atoms with Gasteiger partial charge >= 0.3 is 0 Å². The highest BCUT2D eigenvalue weighted by Crippen LogP contribution is 2.36. The summed E-state index contributed by atoms with van der Waals surface area (Å²) >= 11 is 0. The van der Waals surface area contributed by atoms with Crippen molar-refractivity contribution in [2.45, 2.75) is 0 Å². The average Bonchev–Trinajstić information content (AvgIpc) is 3.38. The Morgan fingerprint density at radius 1 is 0.914 bits per heavy atom. The Labute approximate surface area is 201 Å². The normalized spacial score (nSPS) is 13.6. The third-order valence-corrected chi connectivity index (χ3v) is 6.20. The van der Waals surface area contributed by atoms with Crippen molar-refractivity contribution >= 4 is 28.5 Å². The lowest BCUT2D eigenvalue weighted by Gasteiger charge is -2.34. The smallest absolute Gasteiger partial charge is 0.295 e. The number of hydrogen-bond acceptors (Lipinski definition) is 6. The highest BCUT2D eigenvalue weighted by molar-refractivity contribution is 6.45. The molecule has 1 N–H and O–H groups in total. The van der Waals surface area contributed by atoms with Gasteiger partial charge < -0.3 is 19.5 Å². The highest BCUT2D eigenvalue weighted by atomic mass is 16.5. The number of ether oxygens (including phenoxy) is 1. The third-order valence-electron chi connectivity index (χ3n) is 6.20. The minimum atomic E-state index is -0.626. The van der Waals surface area contributed by atoms with E-state index in [9.17, 15) is 14.4 Å². The first-order valence-electron chi connectivity index (χ1n) is 11.2. The molecule has 2 amide bonds. The van der Waals surface area contributed by atoms with Crippen molar-refractivity contribution in [1.29, 1.82) is 0 Å². The molecule has 1 saturated heterocycles. The van der Waals surface area contributed by atoms with E-state index in [2.05, 4.69) is 15.0 Å². The second kappa shape index (κ2) is 9.38. The number of methoxy groups -OCH3 is 1. The molecule has 0 unspecified atom stereocenters. The number of H-pyrrole nitrogens is 1. The maximum absolute atomic E-state index is 13.3. The quantitative estimate of drug-likeness (QED) is 0.356. The number of piperazine rings is 1. The van der Waals surface area contributed by atoms with Gasteiger partial charge in [-0.2, -0.15) is 0 Å². The van der Waals surface area contributed by atoms with E-state index in [0.29, 0.717) is 35.3 Å². The minimum Gasteiger partial charge on any atom is -0.496 e. The lowest BCUT2D eigenvalue weighted by molar-refractivity contribution is -0.127. The Bertz CT molecular complexity index is 1390. The van der Waals surface area contributed by atoms with Gasteiger partial charge in [-0.15, -0.1) is 0 Å². The molecule has 0 bridgehead atoms. The van der Waals surface area contributed by atoms with Crippen molar-refractivity contribution in [3.63, 3.8) is 0 Å². The SMILES string of the molecule is COc1ccc(-c2cncnc2)c2[nH]cc(C(=O)C(=O)N3CCN(C(=O)c4ccccc4)CC3)c12. The Kier molecular flexibility index (Phi) is 5.97. The summed E-state index contributed by atoms with van der Waals surface area (Å²) in [7, 11) is 1.52. The molecule has 176 valence electrons. The number of carbonyl (C=O) groups is 3. The standard InChI is InChI=1S/C26H23N5O4/c1-35-21-8-7-19(18-13-27-16-28-14-18)23-22(21)20(15-29-23)24(32)26(34)31-11-9-30(10-12-31)25(33)17-5-3-2-4-6-17/h2-8,13-16,29H,9-12H2,1H3. The monoisotopic (exact) mass is 469 g/mol. The topological polar surface area (TPSA) is 108 Å². The molecule has 35 heavy (non-hydrogen) atoms. The van der Waals surface area contributed by atoms with Crippen LogP contribution in [0.1, 0.15) is 20.7 Å². The maximum Gasteiger partial charge on any atom is 0.295 e. The largest absolute Gasteiger partial charge is 0.496 e. The Morgan fingerprint density at radius 2 is 1.60 bits per heavy atom. The van der Waals surface area contributed by atoms with Gasteiger partial charge in [-0.25, -0.2) is 9.97 Å². The van der Waals surface area contributed by atoms with Crippen molar-refractivity contribution in [2.24, 2.45) is 0 Å². The van der Waals surface area contributed by atoms with E-state index in [1.165, 1.54) is 24.5 Å². The van der Waals surface area contributed by atoms with Crippen LogP contribution in [0.2, 0.25) is 0 Å². The van der Waals surface area contributed by atoms with E-state index in [0.717, 1.165) is 11.1 Å². The van der Waals surface area contributed by atoms with Crippen LogP contribution in [0.5, 0.6) is 5.75 Å². The van der Waals surface area contributed by atoms with Gasteiger partial charge in [0.15, 0.2) is 0 Å². The lowest BCUT2D eigenvalue weighted by Crippen LogP contribution is -2.52. The molecule has 9 heteroatoms. The predicted octanol–water partition coefficient (Wildman–Crippen LogP) is 2.80. The zero-order chi connectivity index (χ0) is 24.4. The summed E-state index contributed by atoms with van der Waals surface area (Å²) in [6.45, 7) is 1.30. The van der Waals surface area contributed by atoms with Crippen LogP contribution in [-0.4, -0.2) is 75.6 Å². The summed E-state index contributed by atoms with van der Waals surface area (Å²) in [5, 5.41) is 0.532. The molecule has 1 fully saturated rings. The molecule has 2 aromatic carbocycles. The summed E-state index contributed by atoms with van der Waals surface area (Å²) in [6.07, 6.45) is 6.34. The average molecular weight is 470 g/mol. The fraction of sp³-hybridized carbons (Fsp3) is 0.192. The van der Waals surface area contributed by atoms with Gasteiger partial charge in [0, 0.05) is 61.5 Å². The van der Waals surface area contributed by atoms with Crippen LogP contribution in [-0.2, 0) is 4.79 Å². The van der Waals surface area contributed by atoms with Crippen LogP contribution < -0.4 is 4.74 Å². The first kappa shape index (κ1) is 22.3. The molecule has 5 rings (SSSR count). The summed E-state index contributed by atoms with van der Waals surface area (Å²) in [6, 6.07) is 12.6. The molecule has 2 aromatic heterocycles. The van der Waals surface area contributed by atoms with E-state index >= 15 is 0 Å². The third kappa shape index (κ3) is 4.12. The molecule has 4 aromatic rings. The molecular formula is C26H23N5O4. The number of amides is 2. The minimum absolute atomic E-state index is 0.0807. The number of hydrogen-bond donors (Lipinski definition) is 1. The predicted molar refractivity (Wildman–Crippen MR) is 129 cm³/mol. The zero-order valence-corrected chi connectivity index (χ0v) is 19.1. The number of fused-ring (bicyclic) bond motifs is 1. The lowest BCUT2D eigenvalue weighted by atomic mass is 10.0. The van der Waals surface area contributed by atoms with E-state index in [-0.39, 0.29) is 24.6 Å². The molecule has 9 nitrogen and oxygen atoms in total. The number of ketones is 1. The molecule has 1 aliphatic heterocycles. The maximum atomic E-state index is 13.3. The van der Waals surface area contributed by atoms with Crippen LogP contribution in [0.25, 0.3) is 22.0 Å². The second-order valence-electron chi connectivity index (χ2n) is 8.17. The van der Waals surface area contributed by atoms with Gasteiger partial charge in [-0.1, -0.05) is 18.2 Å². The Hall–Kier alpha value is -4.53. The van der Waals surface area contributed by atoms with Crippen LogP contribution in [0.3, 0.4) is 0 Å². The Balaban J connectivity index is 1.37. The van der Waals surface area contributed by atoms with Crippen LogP contribution in [0.4, 0.5) is 0 Å². The molecule has 0 atom stereocenters. The second-order valence-corrected chi connectivity index (χ2v) is 8.17. The summed E-state index contributed by atoms with van der Waals surface area (Å²) < 4.78 is 5.50. The molecule has 1 aliphatic rings. The summed E-state index contributed by atoms with van der Waals surface area (Å²) in [5.41, 5.74) is 3.07. The number of nitrogens with zero attached hydrogens (tertiary/aromatic N) is 4. The number of aromatic amines is 1. The number of nitrogens with one attached hydrogen (secondary N) is 1. The van der Waals surface area contributed by atoms with E-state index in [1.54, 1.807) is 35.5 Å². The van der Waals surface area contributed by atoms with E-state index in [4.69, 9.17) is 4.74 Å². The van der Waals surface area contributed by atoms with Gasteiger partial charge in [0.1, 0.15) is 12.1 Å². The molecule has 0 radical (unpaired) electrons. The molecule has 0 aliphatic carbocycles. The first-order chi connectivity index (χ1) is 17.1. The molecule has 0 saturated carbocycles. The molecule has 3 heterocycles. The Morgan fingerprint density at radius 3 is 2.29 bits per heavy atom. The molecule has 0 spiro atoms. The van der Waals surface area contributed by atoms with Gasteiger partial charge in [0.05, 0.1) is 23.6 Å². The van der Waals surface area contributed by atoms with Crippen LogP contribution in [0.15, 0.2) is 67.4 Å². The number of benzene rings is 2. The van der Waals surface area contributed by atoms with E-state index < -0.39 is 11.7 Å². The van der Waals surface area contributed by atoms with Crippen molar-refractivity contribution in [1.82, 2.24) is 24.8 Å². The fourth-order valence-corrected chi connectivity index (χ4v) is 4.38.